The summed E-state index contributed by atoms with van der Waals surface area (Å²) in [6.07, 6.45) is 0.795. The van der Waals surface area contributed by atoms with Crippen molar-refractivity contribution in [3.63, 3.8) is 0 Å². The van der Waals surface area contributed by atoms with Gasteiger partial charge in [0.1, 0.15) is 0 Å². The number of hydrogen-bond donors (Lipinski definition) is 1. The second-order valence-electron chi connectivity index (χ2n) is 14.1. The Morgan fingerprint density at radius 1 is 0.958 bits per heavy atom. The van der Waals surface area contributed by atoms with Crippen LogP contribution in [0.3, 0.4) is 0 Å². The minimum atomic E-state index is -3.88. The summed E-state index contributed by atoms with van der Waals surface area (Å²) in [5, 5.41) is 13.6. The highest BCUT2D eigenvalue weighted by molar-refractivity contribution is 7.86. The largest absolute Gasteiger partial charge is 0.405 e. The summed E-state index contributed by atoms with van der Waals surface area (Å²) < 4.78 is 49.8. The molecule has 1 heterocycles. The number of Topliss-reactive ketones (excluding diaryl/α,β-unsaturated/α-hetero) is 1. The van der Waals surface area contributed by atoms with Crippen LogP contribution in [0.2, 0.25) is 5.04 Å². The number of hydrogen-bond acceptors (Lipinski definition) is 8. The van der Waals surface area contributed by atoms with Crippen molar-refractivity contribution in [2.24, 2.45) is 5.92 Å². The van der Waals surface area contributed by atoms with Crippen LogP contribution >= 0.6 is 0 Å². The van der Waals surface area contributed by atoms with Crippen molar-refractivity contribution in [3.05, 3.63) is 90.5 Å². The maximum absolute atomic E-state index is 13.3. The van der Waals surface area contributed by atoms with Gasteiger partial charge in [-0.25, -0.2) is 0 Å². The Morgan fingerprint density at radius 3 is 2.08 bits per heavy atom. The Balaban J connectivity index is 1.39. The first-order chi connectivity index (χ1) is 22.7. The first-order valence-electron chi connectivity index (χ1n) is 17.0. The maximum Gasteiger partial charge on any atom is 0.296 e. The third kappa shape index (κ3) is 9.29. The maximum atomic E-state index is 13.3. The molecule has 3 unspecified atom stereocenters. The quantitative estimate of drug-likeness (QED) is 0.119. The number of benzene rings is 3. The van der Waals surface area contributed by atoms with Crippen molar-refractivity contribution in [2.75, 3.05) is 13.2 Å². The normalized spacial score (nSPS) is 21.1. The summed E-state index contributed by atoms with van der Waals surface area (Å²) in [5.74, 6) is -2.58. The van der Waals surface area contributed by atoms with Gasteiger partial charge in [-0.15, -0.1) is 0 Å². The van der Waals surface area contributed by atoms with Crippen LogP contribution in [-0.2, 0) is 33.0 Å². The van der Waals surface area contributed by atoms with E-state index in [1.165, 1.54) is 22.5 Å². The molecule has 1 N–H and O–H groups in total. The van der Waals surface area contributed by atoms with Gasteiger partial charge in [0.05, 0.1) is 24.2 Å². The van der Waals surface area contributed by atoms with Gasteiger partial charge in [-0.3, -0.25) is 8.98 Å². The van der Waals surface area contributed by atoms with E-state index in [1.807, 2.05) is 32.9 Å². The van der Waals surface area contributed by atoms with Crippen LogP contribution in [0.4, 0.5) is 0 Å². The number of unbranched alkanes of at least 4 members (excludes halogenated alkanes) is 1. The van der Waals surface area contributed by atoms with Crippen LogP contribution in [-0.4, -0.2) is 59.0 Å². The minimum absolute atomic E-state index is 0.0235. The van der Waals surface area contributed by atoms with Gasteiger partial charge in [0, 0.05) is 18.8 Å². The monoisotopic (exact) mass is 696 g/mol. The Morgan fingerprint density at radius 2 is 1.54 bits per heavy atom. The zero-order valence-electron chi connectivity index (χ0n) is 29.2. The summed E-state index contributed by atoms with van der Waals surface area (Å²) in [7, 11) is -6.66. The predicted molar refractivity (Wildman–Crippen MR) is 190 cm³/mol. The van der Waals surface area contributed by atoms with E-state index in [4.69, 9.17) is 18.1 Å². The van der Waals surface area contributed by atoms with E-state index in [0.29, 0.717) is 32.3 Å². The van der Waals surface area contributed by atoms with Gasteiger partial charge in [-0.2, -0.15) is 8.42 Å². The lowest BCUT2D eigenvalue weighted by molar-refractivity contribution is -0.310. The van der Waals surface area contributed by atoms with Crippen LogP contribution in [0.1, 0.15) is 78.7 Å². The highest BCUT2D eigenvalue weighted by Crippen LogP contribution is 2.38. The molecule has 0 amide bonds. The van der Waals surface area contributed by atoms with Crippen LogP contribution in [0, 0.1) is 12.8 Å². The molecule has 1 aliphatic heterocycles. The average Bonchev–Trinajstić information content (AvgIpc) is 3.03. The van der Waals surface area contributed by atoms with Gasteiger partial charge in [-0.1, -0.05) is 113 Å². The molecule has 1 saturated heterocycles. The lowest BCUT2D eigenvalue weighted by atomic mass is 9.97. The van der Waals surface area contributed by atoms with E-state index in [1.54, 1.807) is 12.1 Å². The van der Waals surface area contributed by atoms with Crippen molar-refractivity contribution in [2.45, 2.75) is 108 Å². The molecule has 10 heteroatoms. The summed E-state index contributed by atoms with van der Waals surface area (Å²) >= 11 is 0. The number of aryl methyl sites for hydroxylation is 1. The number of rotatable bonds is 14. The first kappa shape index (κ1) is 38.1. The molecule has 3 atom stereocenters. The zero-order chi connectivity index (χ0) is 35.0. The standard InChI is InChI=1S/C38H52O8SSi/c1-29(2)36-45-31(28-44-48(37(4,5)6,33-17-9-7-10-18-33)34-19-11-8-12-20-34)16-15-26-38(40,46-36)35(39)21-13-14-27-43-47(41,42)32-24-22-30(3)23-25-32/h7-12,17-20,22-25,29,31,36,40H,13-16,21,26-28H2,1-6H3. The molecular weight excluding hydrogens is 645 g/mol. The van der Waals surface area contributed by atoms with Gasteiger partial charge in [0.25, 0.3) is 18.4 Å². The lowest BCUT2D eigenvalue weighted by Gasteiger charge is -2.44. The van der Waals surface area contributed by atoms with E-state index in [0.717, 1.165) is 5.56 Å². The molecule has 3 aromatic rings. The number of carbonyl (C=O) groups excluding carboxylic acids is 1. The third-order valence-corrected chi connectivity index (χ3v) is 15.2. The van der Waals surface area contributed by atoms with Crippen LogP contribution in [0.5, 0.6) is 0 Å². The second kappa shape index (κ2) is 16.3. The molecule has 0 radical (unpaired) electrons. The molecule has 0 aromatic heterocycles. The number of carbonyl (C=O) groups is 1. The molecule has 1 fully saturated rings. The SMILES string of the molecule is Cc1ccc(S(=O)(=O)OCCCCC(=O)C2(O)CCCC(CO[Si](c3ccccc3)(c3ccccc3)C(C)(C)C)OC(C(C)C)O2)cc1. The Bertz CT molecular complexity index is 1520. The molecule has 1 aliphatic rings. The predicted octanol–water partition coefficient (Wildman–Crippen LogP) is 6.27. The van der Waals surface area contributed by atoms with Crippen LogP contribution < -0.4 is 10.4 Å². The van der Waals surface area contributed by atoms with Gasteiger partial charge >= 0.3 is 0 Å². The zero-order valence-corrected chi connectivity index (χ0v) is 31.0. The smallest absolute Gasteiger partial charge is 0.296 e. The Labute approximate surface area is 288 Å². The number of aliphatic hydroxyl groups is 1. The molecule has 0 bridgehead atoms. The van der Waals surface area contributed by atoms with Crippen molar-refractivity contribution in [3.8, 4) is 0 Å². The van der Waals surface area contributed by atoms with Crippen LogP contribution in [0.15, 0.2) is 89.8 Å². The summed E-state index contributed by atoms with van der Waals surface area (Å²) in [6.45, 7) is 12.7. The molecule has 0 spiro atoms. The number of ether oxygens (including phenoxy) is 2. The highest BCUT2D eigenvalue weighted by Gasteiger charge is 2.51. The summed E-state index contributed by atoms with van der Waals surface area (Å²) in [6, 6.07) is 27.3. The van der Waals surface area contributed by atoms with E-state index in [9.17, 15) is 18.3 Å². The summed E-state index contributed by atoms with van der Waals surface area (Å²) in [5.41, 5.74) is 0.950. The lowest BCUT2D eigenvalue weighted by Crippen LogP contribution is -2.67. The average molecular weight is 697 g/mol. The van der Waals surface area contributed by atoms with Gasteiger partial charge in [0.15, 0.2) is 12.1 Å². The van der Waals surface area contributed by atoms with Gasteiger partial charge in [-0.05, 0) is 60.2 Å². The summed E-state index contributed by atoms with van der Waals surface area (Å²) in [4.78, 5) is 13.4. The van der Waals surface area contributed by atoms with E-state index >= 15 is 0 Å². The topological polar surface area (TPSA) is 108 Å². The molecule has 262 valence electrons. The van der Waals surface area contributed by atoms with Crippen molar-refractivity contribution < 1.29 is 36.4 Å². The van der Waals surface area contributed by atoms with Crippen molar-refractivity contribution in [1.29, 1.82) is 0 Å². The van der Waals surface area contributed by atoms with E-state index < -0.39 is 36.3 Å². The fourth-order valence-corrected chi connectivity index (χ4v) is 11.8. The second-order valence-corrected chi connectivity index (χ2v) is 20.0. The van der Waals surface area contributed by atoms with Crippen molar-refractivity contribution >= 4 is 34.6 Å². The van der Waals surface area contributed by atoms with Crippen molar-refractivity contribution in [1.82, 2.24) is 0 Å². The van der Waals surface area contributed by atoms with Crippen LogP contribution in [0.25, 0.3) is 0 Å². The van der Waals surface area contributed by atoms with Gasteiger partial charge in [0.2, 0.25) is 5.79 Å². The van der Waals surface area contributed by atoms with E-state index in [2.05, 4.69) is 69.3 Å². The Hall–Kier alpha value is -2.70. The number of ketones is 1. The fourth-order valence-electron chi connectivity index (χ4n) is 6.23. The molecule has 4 rings (SSSR count). The Kier molecular flexibility index (Phi) is 13.0. The minimum Gasteiger partial charge on any atom is -0.405 e. The molecule has 3 aromatic carbocycles. The molecule has 48 heavy (non-hydrogen) atoms. The molecule has 8 nitrogen and oxygen atoms in total. The molecule has 0 aliphatic carbocycles. The van der Waals surface area contributed by atoms with Gasteiger partial charge < -0.3 is 19.0 Å². The fraction of sp³-hybridized carbons (Fsp3) is 0.500. The van der Waals surface area contributed by atoms with E-state index in [-0.39, 0.29) is 41.4 Å². The third-order valence-electron chi connectivity index (χ3n) is 8.91. The first-order valence-corrected chi connectivity index (χ1v) is 20.3. The molecular formula is C38H52O8SSi. The highest BCUT2D eigenvalue weighted by atomic mass is 32.2. The molecule has 0 saturated carbocycles.